The molecular weight excluding hydrogens is 248 g/mol. The Bertz CT molecular complexity index is 563. The highest BCUT2D eigenvalue weighted by atomic mass is 15.3. The van der Waals surface area contributed by atoms with Crippen molar-refractivity contribution in [1.82, 2.24) is 15.2 Å². The Labute approximate surface area is 121 Å². The van der Waals surface area contributed by atoms with Gasteiger partial charge in [-0.05, 0) is 56.4 Å². The molecule has 0 spiro atoms. The Morgan fingerprint density at radius 3 is 2.40 bits per heavy atom. The van der Waals surface area contributed by atoms with Gasteiger partial charge in [0.25, 0.3) is 0 Å². The minimum Gasteiger partial charge on any atom is -0.273 e. The molecule has 3 N–H and O–H groups in total. The van der Waals surface area contributed by atoms with Crippen molar-refractivity contribution in [2.45, 2.75) is 46.7 Å². The van der Waals surface area contributed by atoms with Gasteiger partial charge in [-0.25, -0.2) is 0 Å². The third-order valence-electron chi connectivity index (χ3n) is 3.74. The Kier molecular flexibility index (Phi) is 4.57. The first-order valence-corrected chi connectivity index (χ1v) is 7.10. The van der Waals surface area contributed by atoms with E-state index < -0.39 is 0 Å². The van der Waals surface area contributed by atoms with Crippen LogP contribution < -0.4 is 11.3 Å². The van der Waals surface area contributed by atoms with Gasteiger partial charge in [-0.3, -0.25) is 16.0 Å². The van der Waals surface area contributed by atoms with Gasteiger partial charge in [0.1, 0.15) is 0 Å². The molecule has 1 unspecified atom stereocenters. The molecule has 2 rings (SSSR count). The van der Waals surface area contributed by atoms with E-state index in [0.717, 1.165) is 13.0 Å². The fourth-order valence-electron chi connectivity index (χ4n) is 2.91. The van der Waals surface area contributed by atoms with E-state index in [0.29, 0.717) is 0 Å². The van der Waals surface area contributed by atoms with Gasteiger partial charge in [-0.15, -0.1) is 0 Å². The maximum Gasteiger partial charge on any atom is 0.0522 e. The molecule has 1 aromatic heterocycles. The number of nitrogens with one attached hydrogen (secondary N) is 1. The molecule has 20 heavy (non-hydrogen) atoms. The summed E-state index contributed by atoms with van der Waals surface area (Å²) in [6, 6.07) is 4.54. The lowest BCUT2D eigenvalue weighted by Crippen LogP contribution is -2.30. The summed E-state index contributed by atoms with van der Waals surface area (Å²) in [5.74, 6) is 5.79. The van der Waals surface area contributed by atoms with E-state index in [-0.39, 0.29) is 6.04 Å². The lowest BCUT2D eigenvalue weighted by atomic mass is 9.91. The number of hydrogen-bond donors (Lipinski definition) is 2. The first-order valence-electron chi connectivity index (χ1n) is 7.10. The van der Waals surface area contributed by atoms with Crippen molar-refractivity contribution in [2.75, 3.05) is 0 Å². The van der Waals surface area contributed by atoms with Crippen LogP contribution in [-0.4, -0.2) is 9.78 Å². The first-order chi connectivity index (χ1) is 9.55. The van der Waals surface area contributed by atoms with Crippen molar-refractivity contribution in [3.05, 3.63) is 52.3 Å². The fourth-order valence-corrected chi connectivity index (χ4v) is 2.91. The van der Waals surface area contributed by atoms with E-state index in [9.17, 15) is 0 Å². The Balaban J connectivity index is 2.28. The Morgan fingerprint density at radius 2 is 1.90 bits per heavy atom. The average Bonchev–Trinajstić information content (AvgIpc) is 2.84. The quantitative estimate of drug-likeness (QED) is 0.650. The number of hydrogen-bond acceptors (Lipinski definition) is 3. The zero-order valence-electron chi connectivity index (χ0n) is 12.8. The van der Waals surface area contributed by atoms with E-state index in [1.54, 1.807) is 0 Å². The van der Waals surface area contributed by atoms with Gasteiger partial charge in [0.2, 0.25) is 0 Å². The topological polar surface area (TPSA) is 55.9 Å². The number of aryl methyl sites for hydroxylation is 4. The van der Waals surface area contributed by atoms with Crippen molar-refractivity contribution in [3.63, 3.8) is 0 Å². The normalized spacial score (nSPS) is 12.7. The predicted molar refractivity (Wildman–Crippen MR) is 82.3 cm³/mol. The molecule has 0 radical (unpaired) electrons. The zero-order chi connectivity index (χ0) is 14.7. The Morgan fingerprint density at radius 1 is 1.25 bits per heavy atom. The second kappa shape index (κ2) is 6.20. The number of nitrogens with zero attached hydrogens (tertiary/aromatic N) is 2. The zero-order valence-corrected chi connectivity index (χ0v) is 12.8. The molecule has 1 heterocycles. The summed E-state index contributed by atoms with van der Waals surface area (Å²) < 4.78 is 1.94. The smallest absolute Gasteiger partial charge is 0.0522 e. The van der Waals surface area contributed by atoms with Crippen LogP contribution in [0.1, 0.15) is 40.8 Å². The lowest BCUT2D eigenvalue weighted by molar-refractivity contribution is 0.546. The van der Waals surface area contributed by atoms with Gasteiger partial charge in [0.15, 0.2) is 0 Å². The van der Waals surface area contributed by atoms with E-state index in [2.05, 4.69) is 56.5 Å². The average molecular weight is 272 g/mol. The SMILES string of the molecule is CCn1cc(CC(NN)c2c(C)cc(C)cc2C)cn1. The van der Waals surface area contributed by atoms with E-state index >= 15 is 0 Å². The summed E-state index contributed by atoms with van der Waals surface area (Å²) in [6.07, 6.45) is 4.86. The van der Waals surface area contributed by atoms with Crippen molar-refractivity contribution in [2.24, 2.45) is 5.84 Å². The second-order valence-corrected chi connectivity index (χ2v) is 5.44. The molecule has 4 nitrogen and oxygen atoms in total. The maximum atomic E-state index is 5.79. The molecule has 0 aliphatic rings. The Hall–Kier alpha value is -1.65. The highest BCUT2D eigenvalue weighted by Crippen LogP contribution is 2.25. The summed E-state index contributed by atoms with van der Waals surface area (Å²) in [5.41, 5.74) is 9.32. The van der Waals surface area contributed by atoms with Crippen LogP contribution in [0.15, 0.2) is 24.5 Å². The molecular formula is C16H24N4. The van der Waals surface area contributed by atoms with Crippen molar-refractivity contribution >= 4 is 0 Å². The third kappa shape index (κ3) is 3.08. The van der Waals surface area contributed by atoms with Gasteiger partial charge < -0.3 is 0 Å². The summed E-state index contributed by atoms with van der Waals surface area (Å²) in [7, 11) is 0. The van der Waals surface area contributed by atoms with Gasteiger partial charge >= 0.3 is 0 Å². The third-order valence-corrected chi connectivity index (χ3v) is 3.74. The van der Waals surface area contributed by atoms with Gasteiger partial charge in [0, 0.05) is 12.7 Å². The van der Waals surface area contributed by atoms with E-state index in [4.69, 9.17) is 5.84 Å². The maximum absolute atomic E-state index is 5.79. The molecule has 0 amide bonds. The van der Waals surface area contributed by atoms with Gasteiger partial charge in [0.05, 0.1) is 12.2 Å². The van der Waals surface area contributed by atoms with E-state index in [1.165, 1.54) is 27.8 Å². The molecule has 1 aromatic carbocycles. The van der Waals surface area contributed by atoms with Crippen LogP contribution in [0.3, 0.4) is 0 Å². The number of rotatable bonds is 5. The minimum absolute atomic E-state index is 0.116. The lowest BCUT2D eigenvalue weighted by Gasteiger charge is -2.21. The molecule has 0 fully saturated rings. The monoisotopic (exact) mass is 272 g/mol. The highest BCUT2D eigenvalue weighted by molar-refractivity contribution is 5.40. The van der Waals surface area contributed by atoms with Crippen LogP contribution >= 0.6 is 0 Å². The second-order valence-electron chi connectivity index (χ2n) is 5.44. The summed E-state index contributed by atoms with van der Waals surface area (Å²) in [4.78, 5) is 0. The molecule has 0 aliphatic heterocycles. The standard InChI is InChI=1S/C16H24N4/c1-5-20-10-14(9-18-20)8-15(19-17)16-12(3)6-11(2)7-13(16)4/h6-7,9-10,15,19H,5,8,17H2,1-4H3. The number of hydrazine groups is 1. The summed E-state index contributed by atoms with van der Waals surface area (Å²) in [5, 5.41) is 4.32. The molecule has 0 saturated carbocycles. The van der Waals surface area contributed by atoms with Crippen LogP contribution in [0.4, 0.5) is 0 Å². The molecule has 0 saturated heterocycles. The van der Waals surface area contributed by atoms with Crippen LogP contribution in [0.25, 0.3) is 0 Å². The summed E-state index contributed by atoms with van der Waals surface area (Å²) in [6.45, 7) is 9.40. The molecule has 0 bridgehead atoms. The van der Waals surface area contributed by atoms with Crippen LogP contribution in [0, 0.1) is 20.8 Å². The van der Waals surface area contributed by atoms with Crippen LogP contribution in [0.5, 0.6) is 0 Å². The van der Waals surface area contributed by atoms with Crippen LogP contribution in [0.2, 0.25) is 0 Å². The first kappa shape index (κ1) is 14.8. The fraction of sp³-hybridized carbons (Fsp3) is 0.438. The largest absolute Gasteiger partial charge is 0.273 e. The van der Waals surface area contributed by atoms with E-state index in [1.807, 2.05) is 10.9 Å². The highest BCUT2D eigenvalue weighted by Gasteiger charge is 2.16. The van der Waals surface area contributed by atoms with Crippen molar-refractivity contribution in [1.29, 1.82) is 0 Å². The number of aromatic nitrogens is 2. The van der Waals surface area contributed by atoms with Crippen molar-refractivity contribution < 1.29 is 0 Å². The number of benzene rings is 1. The molecule has 1 atom stereocenters. The number of nitrogens with two attached hydrogens (primary N) is 1. The van der Waals surface area contributed by atoms with Crippen molar-refractivity contribution in [3.8, 4) is 0 Å². The van der Waals surface area contributed by atoms with Gasteiger partial charge in [-0.2, -0.15) is 5.10 Å². The molecule has 108 valence electrons. The molecule has 4 heteroatoms. The van der Waals surface area contributed by atoms with Crippen LogP contribution in [-0.2, 0) is 13.0 Å². The minimum atomic E-state index is 0.116. The predicted octanol–water partition coefficient (Wildman–Crippen LogP) is 2.58. The van der Waals surface area contributed by atoms with Gasteiger partial charge in [-0.1, -0.05) is 17.7 Å². The summed E-state index contributed by atoms with van der Waals surface area (Å²) >= 11 is 0. The molecule has 2 aromatic rings. The molecule has 0 aliphatic carbocycles.